The summed E-state index contributed by atoms with van der Waals surface area (Å²) in [4.78, 5) is 0.235. The minimum Gasteiger partial charge on any atom is -0.392 e. The van der Waals surface area contributed by atoms with Gasteiger partial charge in [-0.25, -0.2) is 8.42 Å². The van der Waals surface area contributed by atoms with Crippen molar-refractivity contribution in [2.75, 3.05) is 13.1 Å². The van der Waals surface area contributed by atoms with Gasteiger partial charge in [-0.1, -0.05) is 18.0 Å². The lowest BCUT2D eigenvalue weighted by Gasteiger charge is -2.20. The Hall–Kier alpha value is -0.620. The van der Waals surface area contributed by atoms with Gasteiger partial charge in [-0.15, -0.1) is 0 Å². The second-order valence-corrected chi connectivity index (χ2v) is 8.46. The predicted octanol–water partition coefficient (Wildman–Crippen LogP) is 2.56. The first-order chi connectivity index (χ1) is 9.93. The number of fused-ring (bicyclic) bond motifs is 1. The maximum Gasteiger partial charge on any atom is 0.243 e. The molecule has 0 spiro atoms. The van der Waals surface area contributed by atoms with Gasteiger partial charge in [0.2, 0.25) is 10.0 Å². The first-order valence-corrected chi connectivity index (χ1v) is 9.15. The van der Waals surface area contributed by atoms with Gasteiger partial charge in [0.25, 0.3) is 0 Å². The van der Waals surface area contributed by atoms with Crippen molar-refractivity contribution in [1.82, 2.24) is 4.31 Å². The molecule has 0 radical (unpaired) electrons. The van der Waals surface area contributed by atoms with Crippen molar-refractivity contribution >= 4 is 21.6 Å². The molecule has 0 amide bonds. The number of aliphatic hydroxyl groups excluding tert-OH is 1. The Bertz CT molecular complexity index is 647. The maximum absolute atomic E-state index is 12.9. The second-order valence-electron chi connectivity index (χ2n) is 6.12. The van der Waals surface area contributed by atoms with Crippen LogP contribution in [0.2, 0.25) is 5.02 Å². The monoisotopic (exact) mass is 329 g/mol. The summed E-state index contributed by atoms with van der Waals surface area (Å²) in [6, 6.07) is 3.12. The highest BCUT2D eigenvalue weighted by atomic mass is 35.5. The Morgan fingerprint density at radius 1 is 1.29 bits per heavy atom. The zero-order chi connectivity index (χ0) is 15.2. The van der Waals surface area contributed by atoms with Crippen molar-refractivity contribution < 1.29 is 13.5 Å². The molecule has 2 aliphatic rings. The molecule has 6 heteroatoms. The Balaban J connectivity index is 1.97. The number of sulfonamides is 1. The molecule has 2 atom stereocenters. The van der Waals surface area contributed by atoms with E-state index in [0.717, 1.165) is 12.8 Å². The van der Waals surface area contributed by atoms with Gasteiger partial charge in [-0.3, -0.25) is 0 Å². The average Bonchev–Trinajstić information content (AvgIpc) is 3.01. The molecule has 3 rings (SSSR count). The van der Waals surface area contributed by atoms with Gasteiger partial charge in [-0.05, 0) is 54.9 Å². The van der Waals surface area contributed by atoms with E-state index in [4.69, 9.17) is 11.6 Å². The fraction of sp³-hybridized carbons (Fsp3) is 0.600. The standard InChI is InChI=1S/C15H20ClNO3S/c1-10-13(9-18)5-14(16)6-15(10)21(19,20)17-7-11-3-2-4-12(11)8-17/h5-6,11-12,18H,2-4,7-9H2,1H3. The largest absolute Gasteiger partial charge is 0.392 e. The van der Waals surface area contributed by atoms with E-state index in [2.05, 4.69) is 0 Å². The molecule has 2 unspecified atom stereocenters. The highest BCUT2D eigenvalue weighted by Gasteiger charge is 2.41. The highest BCUT2D eigenvalue weighted by molar-refractivity contribution is 7.89. The van der Waals surface area contributed by atoms with Crippen molar-refractivity contribution in [3.05, 3.63) is 28.3 Å². The molecule has 1 N–H and O–H groups in total. The van der Waals surface area contributed by atoms with Crippen LogP contribution < -0.4 is 0 Å². The van der Waals surface area contributed by atoms with E-state index in [1.807, 2.05) is 0 Å². The van der Waals surface area contributed by atoms with Crippen LogP contribution in [0.3, 0.4) is 0 Å². The fourth-order valence-electron chi connectivity index (χ4n) is 3.67. The Morgan fingerprint density at radius 3 is 2.48 bits per heavy atom. The fourth-order valence-corrected chi connectivity index (χ4v) is 5.82. The third-order valence-electron chi connectivity index (χ3n) is 4.91. The first-order valence-electron chi connectivity index (χ1n) is 7.33. The van der Waals surface area contributed by atoms with Crippen LogP contribution in [0.15, 0.2) is 17.0 Å². The molecule has 116 valence electrons. The summed E-state index contributed by atoms with van der Waals surface area (Å²) in [5.74, 6) is 1.02. The number of rotatable bonds is 3. The van der Waals surface area contributed by atoms with Crippen LogP contribution in [0, 0.1) is 18.8 Å². The number of halogens is 1. The topological polar surface area (TPSA) is 57.6 Å². The normalized spacial score (nSPS) is 26.2. The summed E-state index contributed by atoms with van der Waals surface area (Å²) < 4.78 is 27.4. The molecule has 1 aliphatic carbocycles. The van der Waals surface area contributed by atoms with E-state index in [1.165, 1.54) is 12.5 Å². The van der Waals surface area contributed by atoms with Gasteiger partial charge in [-0.2, -0.15) is 4.31 Å². The third kappa shape index (κ3) is 2.61. The molecule has 1 saturated carbocycles. The van der Waals surface area contributed by atoms with E-state index < -0.39 is 10.0 Å². The van der Waals surface area contributed by atoms with Gasteiger partial charge in [0, 0.05) is 18.1 Å². The average molecular weight is 330 g/mol. The van der Waals surface area contributed by atoms with Crippen LogP contribution in [-0.4, -0.2) is 30.9 Å². The summed E-state index contributed by atoms with van der Waals surface area (Å²) >= 11 is 6.02. The molecule has 0 bridgehead atoms. The smallest absolute Gasteiger partial charge is 0.243 e. The van der Waals surface area contributed by atoms with Crippen LogP contribution in [0.5, 0.6) is 0 Å². The quantitative estimate of drug-likeness (QED) is 0.927. The molecule has 1 saturated heterocycles. The molecule has 2 fully saturated rings. The molecule has 1 heterocycles. The summed E-state index contributed by atoms with van der Waals surface area (Å²) in [6.45, 7) is 2.76. The minimum atomic E-state index is -3.53. The first kappa shape index (κ1) is 15.3. The Kier molecular flexibility index (Phi) is 4.03. The summed E-state index contributed by atoms with van der Waals surface area (Å²) in [6.07, 6.45) is 3.48. The van der Waals surface area contributed by atoms with E-state index >= 15 is 0 Å². The molecular weight excluding hydrogens is 310 g/mol. The molecule has 0 aromatic heterocycles. The van der Waals surface area contributed by atoms with Crippen LogP contribution in [-0.2, 0) is 16.6 Å². The molecule has 4 nitrogen and oxygen atoms in total. The highest BCUT2D eigenvalue weighted by Crippen LogP contribution is 2.40. The number of benzene rings is 1. The number of aliphatic hydroxyl groups is 1. The predicted molar refractivity (Wildman–Crippen MR) is 81.7 cm³/mol. The van der Waals surface area contributed by atoms with Crippen LogP contribution >= 0.6 is 11.6 Å². The van der Waals surface area contributed by atoms with Crippen molar-refractivity contribution in [3.63, 3.8) is 0 Å². The van der Waals surface area contributed by atoms with Gasteiger partial charge < -0.3 is 5.11 Å². The number of hydrogen-bond donors (Lipinski definition) is 1. The Labute approximate surface area is 130 Å². The van der Waals surface area contributed by atoms with E-state index in [0.29, 0.717) is 41.1 Å². The summed E-state index contributed by atoms with van der Waals surface area (Å²) in [5.41, 5.74) is 1.17. The summed E-state index contributed by atoms with van der Waals surface area (Å²) in [7, 11) is -3.53. The molecule has 21 heavy (non-hydrogen) atoms. The zero-order valence-corrected chi connectivity index (χ0v) is 13.6. The number of hydrogen-bond acceptors (Lipinski definition) is 3. The van der Waals surface area contributed by atoms with Gasteiger partial charge in [0.15, 0.2) is 0 Å². The van der Waals surface area contributed by atoms with Crippen molar-refractivity contribution in [2.24, 2.45) is 11.8 Å². The van der Waals surface area contributed by atoms with E-state index in [1.54, 1.807) is 17.3 Å². The van der Waals surface area contributed by atoms with E-state index in [9.17, 15) is 13.5 Å². The van der Waals surface area contributed by atoms with Crippen molar-refractivity contribution in [2.45, 2.75) is 37.7 Å². The third-order valence-corrected chi connectivity index (χ3v) is 7.09. The Morgan fingerprint density at radius 2 is 1.90 bits per heavy atom. The van der Waals surface area contributed by atoms with Gasteiger partial charge >= 0.3 is 0 Å². The second kappa shape index (κ2) is 5.54. The van der Waals surface area contributed by atoms with Crippen LogP contribution in [0.25, 0.3) is 0 Å². The molecule has 1 aromatic rings. The maximum atomic E-state index is 12.9. The minimum absolute atomic E-state index is 0.208. The van der Waals surface area contributed by atoms with Crippen LogP contribution in [0.4, 0.5) is 0 Å². The lowest BCUT2D eigenvalue weighted by Crippen LogP contribution is -2.30. The number of nitrogens with zero attached hydrogens (tertiary/aromatic N) is 1. The van der Waals surface area contributed by atoms with Crippen molar-refractivity contribution in [1.29, 1.82) is 0 Å². The molecular formula is C15H20ClNO3S. The lowest BCUT2D eigenvalue weighted by molar-refractivity contribution is 0.280. The van der Waals surface area contributed by atoms with Gasteiger partial charge in [0.05, 0.1) is 11.5 Å². The zero-order valence-electron chi connectivity index (χ0n) is 12.0. The van der Waals surface area contributed by atoms with Crippen LogP contribution in [0.1, 0.15) is 30.4 Å². The summed E-state index contributed by atoms with van der Waals surface area (Å²) in [5, 5.41) is 9.71. The van der Waals surface area contributed by atoms with Gasteiger partial charge in [0.1, 0.15) is 0 Å². The lowest BCUT2D eigenvalue weighted by atomic mass is 10.0. The van der Waals surface area contributed by atoms with E-state index in [-0.39, 0.29) is 11.5 Å². The van der Waals surface area contributed by atoms with Crippen molar-refractivity contribution in [3.8, 4) is 0 Å². The molecule has 1 aliphatic heterocycles. The SMILES string of the molecule is Cc1c(CO)cc(Cl)cc1S(=O)(=O)N1CC2CCCC2C1. The molecule has 1 aromatic carbocycles.